The molecule has 1 saturated carbocycles. The molecule has 1 saturated heterocycles. The van der Waals surface area contributed by atoms with Crippen molar-refractivity contribution in [2.75, 3.05) is 13.2 Å². The summed E-state index contributed by atoms with van der Waals surface area (Å²) in [4.78, 5) is 19.1. The summed E-state index contributed by atoms with van der Waals surface area (Å²) in [6.07, 6.45) is 10.4. The Morgan fingerprint density at radius 2 is 2.14 bits per heavy atom. The number of aromatic nitrogens is 1. The molecule has 0 spiro atoms. The largest absolute Gasteiger partial charge is 0.376 e. The summed E-state index contributed by atoms with van der Waals surface area (Å²) in [7, 11) is 0. The Kier molecular flexibility index (Phi) is 5.08. The van der Waals surface area contributed by atoms with E-state index in [1.165, 1.54) is 12.8 Å². The first kappa shape index (κ1) is 15.5. The highest BCUT2D eigenvalue weighted by Gasteiger charge is 2.31. The number of pyridine rings is 1. The number of carbonyl (C=O) groups is 1. The van der Waals surface area contributed by atoms with Crippen LogP contribution in [-0.4, -0.2) is 41.1 Å². The molecule has 4 heteroatoms. The van der Waals surface area contributed by atoms with Gasteiger partial charge in [0.1, 0.15) is 0 Å². The monoisotopic (exact) mass is 302 g/mol. The zero-order valence-corrected chi connectivity index (χ0v) is 13.4. The lowest BCUT2D eigenvalue weighted by atomic mass is 9.86. The first-order valence-corrected chi connectivity index (χ1v) is 8.56. The highest BCUT2D eigenvalue weighted by molar-refractivity contribution is 5.94. The van der Waals surface area contributed by atoms with Crippen molar-refractivity contribution in [3.05, 3.63) is 30.1 Å². The summed E-state index contributed by atoms with van der Waals surface area (Å²) < 4.78 is 5.77. The van der Waals surface area contributed by atoms with Crippen LogP contribution in [0.15, 0.2) is 24.5 Å². The molecular weight excluding hydrogens is 276 g/mol. The van der Waals surface area contributed by atoms with Gasteiger partial charge in [-0.25, -0.2) is 0 Å². The maximum Gasteiger partial charge on any atom is 0.255 e. The fourth-order valence-corrected chi connectivity index (χ4v) is 3.61. The van der Waals surface area contributed by atoms with Crippen molar-refractivity contribution in [3.8, 4) is 0 Å². The molecule has 1 unspecified atom stereocenters. The smallest absolute Gasteiger partial charge is 0.255 e. The van der Waals surface area contributed by atoms with Crippen molar-refractivity contribution in [1.82, 2.24) is 9.88 Å². The van der Waals surface area contributed by atoms with Crippen molar-refractivity contribution in [2.45, 2.75) is 57.6 Å². The molecule has 1 aliphatic carbocycles. The van der Waals surface area contributed by atoms with Gasteiger partial charge in [0.2, 0.25) is 0 Å². The number of ether oxygens (including phenoxy) is 1. The lowest BCUT2D eigenvalue weighted by molar-refractivity contribution is 0.0341. The Hall–Kier alpha value is -1.42. The predicted molar refractivity (Wildman–Crippen MR) is 85.7 cm³/mol. The van der Waals surface area contributed by atoms with Gasteiger partial charge < -0.3 is 9.64 Å². The quantitative estimate of drug-likeness (QED) is 0.857. The molecule has 2 fully saturated rings. The maximum absolute atomic E-state index is 12.9. The van der Waals surface area contributed by atoms with E-state index >= 15 is 0 Å². The highest BCUT2D eigenvalue weighted by atomic mass is 16.5. The van der Waals surface area contributed by atoms with E-state index in [9.17, 15) is 4.79 Å². The van der Waals surface area contributed by atoms with Crippen LogP contribution < -0.4 is 0 Å². The summed E-state index contributed by atoms with van der Waals surface area (Å²) in [5, 5.41) is 0. The third-order valence-corrected chi connectivity index (χ3v) is 5.02. The number of carbonyl (C=O) groups excluding carboxylic acids is 1. The minimum atomic E-state index is 0.114. The second-order valence-electron chi connectivity index (χ2n) is 6.75. The van der Waals surface area contributed by atoms with E-state index in [4.69, 9.17) is 4.74 Å². The summed E-state index contributed by atoms with van der Waals surface area (Å²) in [5.74, 6) is 0.900. The van der Waals surface area contributed by atoms with E-state index in [0.29, 0.717) is 11.6 Å². The van der Waals surface area contributed by atoms with Crippen LogP contribution in [0.5, 0.6) is 0 Å². The predicted octanol–water partition coefficient (Wildman–Crippen LogP) is 3.28. The van der Waals surface area contributed by atoms with Crippen molar-refractivity contribution < 1.29 is 9.53 Å². The molecule has 22 heavy (non-hydrogen) atoms. The van der Waals surface area contributed by atoms with Crippen LogP contribution in [0.1, 0.15) is 55.8 Å². The number of nitrogens with zero attached hydrogens (tertiary/aromatic N) is 2. The summed E-state index contributed by atoms with van der Waals surface area (Å²) in [5.41, 5.74) is 0.694. The molecule has 1 atom stereocenters. The maximum atomic E-state index is 12.9. The second-order valence-corrected chi connectivity index (χ2v) is 6.75. The minimum absolute atomic E-state index is 0.114. The fourth-order valence-electron chi connectivity index (χ4n) is 3.61. The molecule has 1 aromatic heterocycles. The average Bonchev–Trinajstić information content (AvgIpc) is 3.07. The van der Waals surface area contributed by atoms with Gasteiger partial charge in [0.15, 0.2) is 0 Å². The Morgan fingerprint density at radius 1 is 1.32 bits per heavy atom. The normalized spacial score (nSPS) is 28.5. The van der Waals surface area contributed by atoms with E-state index in [1.54, 1.807) is 12.4 Å². The number of hydrogen-bond acceptors (Lipinski definition) is 3. The van der Waals surface area contributed by atoms with Gasteiger partial charge in [-0.1, -0.05) is 6.92 Å². The number of rotatable bonds is 4. The molecule has 4 nitrogen and oxygen atoms in total. The van der Waals surface area contributed by atoms with Gasteiger partial charge >= 0.3 is 0 Å². The molecule has 0 aromatic carbocycles. The Morgan fingerprint density at radius 3 is 2.77 bits per heavy atom. The van der Waals surface area contributed by atoms with Gasteiger partial charge in [-0.15, -0.1) is 0 Å². The highest BCUT2D eigenvalue weighted by Crippen LogP contribution is 2.29. The van der Waals surface area contributed by atoms with Gasteiger partial charge in [0, 0.05) is 31.6 Å². The van der Waals surface area contributed by atoms with Crippen LogP contribution >= 0.6 is 0 Å². The van der Waals surface area contributed by atoms with Gasteiger partial charge in [-0.05, 0) is 56.6 Å². The van der Waals surface area contributed by atoms with Gasteiger partial charge in [0.05, 0.1) is 11.7 Å². The minimum Gasteiger partial charge on any atom is -0.376 e. The summed E-state index contributed by atoms with van der Waals surface area (Å²) in [6, 6.07) is 4.05. The van der Waals surface area contributed by atoms with Gasteiger partial charge in [-0.2, -0.15) is 0 Å². The molecule has 1 aliphatic heterocycles. The van der Waals surface area contributed by atoms with Crippen LogP contribution in [0.25, 0.3) is 0 Å². The van der Waals surface area contributed by atoms with Gasteiger partial charge in [0.25, 0.3) is 5.91 Å². The molecule has 1 amide bonds. The molecule has 2 aliphatic rings. The van der Waals surface area contributed by atoms with Crippen molar-refractivity contribution in [1.29, 1.82) is 0 Å². The lowest BCUT2D eigenvalue weighted by Crippen LogP contribution is -2.46. The molecular formula is C18H26N2O2. The average molecular weight is 302 g/mol. The van der Waals surface area contributed by atoms with Crippen molar-refractivity contribution in [3.63, 3.8) is 0 Å². The third-order valence-electron chi connectivity index (χ3n) is 5.02. The van der Waals surface area contributed by atoms with E-state index in [2.05, 4.69) is 16.8 Å². The second kappa shape index (κ2) is 7.23. The molecule has 120 valence electrons. The third kappa shape index (κ3) is 3.67. The standard InChI is InChI=1S/C18H26N2O2/c1-14-6-8-16(9-7-14)20(13-17-5-3-11-22-17)18(21)15-4-2-10-19-12-15/h2,4,10,12,14,16-17H,3,5-9,11,13H2,1H3. The Bertz CT molecular complexity index is 477. The van der Waals surface area contributed by atoms with Crippen LogP contribution in [0, 0.1) is 5.92 Å². The van der Waals surface area contributed by atoms with Crippen LogP contribution in [0.2, 0.25) is 0 Å². The molecule has 3 rings (SSSR count). The molecule has 1 aromatic rings. The van der Waals surface area contributed by atoms with Crippen LogP contribution in [0.4, 0.5) is 0 Å². The molecule has 2 heterocycles. The van der Waals surface area contributed by atoms with E-state index in [-0.39, 0.29) is 12.0 Å². The Balaban J connectivity index is 1.74. The Labute approximate surface area is 132 Å². The van der Waals surface area contributed by atoms with E-state index in [0.717, 1.165) is 44.8 Å². The van der Waals surface area contributed by atoms with E-state index < -0.39 is 0 Å². The van der Waals surface area contributed by atoms with Crippen LogP contribution in [-0.2, 0) is 4.74 Å². The van der Waals surface area contributed by atoms with Crippen molar-refractivity contribution in [2.24, 2.45) is 5.92 Å². The molecule has 0 N–H and O–H groups in total. The zero-order chi connectivity index (χ0) is 15.4. The van der Waals surface area contributed by atoms with Crippen molar-refractivity contribution >= 4 is 5.91 Å². The molecule has 0 radical (unpaired) electrons. The first-order chi connectivity index (χ1) is 10.7. The van der Waals surface area contributed by atoms with Gasteiger partial charge in [-0.3, -0.25) is 9.78 Å². The summed E-state index contributed by atoms with van der Waals surface area (Å²) in [6.45, 7) is 3.87. The SMILES string of the molecule is CC1CCC(N(CC2CCCO2)C(=O)c2cccnc2)CC1. The zero-order valence-electron chi connectivity index (χ0n) is 13.4. The first-order valence-electron chi connectivity index (χ1n) is 8.56. The lowest BCUT2D eigenvalue weighted by Gasteiger charge is -2.37. The molecule has 0 bridgehead atoms. The van der Waals surface area contributed by atoms with E-state index in [1.807, 2.05) is 12.1 Å². The van der Waals surface area contributed by atoms with Crippen LogP contribution in [0.3, 0.4) is 0 Å². The summed E-state index contributed by atoms with van der Waals surface area (Å²) >= 11 is 0. The fraction of sp³-hybridized carbons (Fsp3) is 0.667. The number of amides is 1. The topological polar surface area (TPSA) is 42.4 Å². The number of hydrogen-bond donors (Lipinski definition) is 0.